The molecule has 0 aromatic carbocycles. The van der Waals surface area contributed by atoms with Crippen molar-refractivity contribution in [3.63, 3.8) is 0 Å². The van der Waals surface area contributed by atoms with Gasteiger partial charge >= 0.3 is 0 Å². The molecule has 2 heterocycles. The summed E-state index contributed by atoms with van der Waals surface area (Å²) in [5.41, 5.74) is 2.63. The lowest BCUT2D eigenvalue weighted by Crippen LogP contribution is -2.13. The highest BCUT2D eigenvalue weighted by atomic mass is 15.1. The second kappa shape index (κ2) is 1.90. The molecular weight excluding hydrogens is 124 g/mol. The predicted molar refractivity (Wildman–Crippen MR) is 41.3 cm³/mol. The van der Waals surface area contributed by atoms with Gasteiger partial charge in [-0.1, -0.05) is 0 Å². The molecule has 1 aliphatic heterocycles. The molecule has 1 N–H and O–H groups in total. The van der Waals surface area contributed by atoms with Gasteiger partial charge in [-0.15, -0.1) is 0 Å². The lowest BCUT2D eigenvalue weighted by atomic mass is 10.2. The Balaban J connectivity index is 2.43. The van der Waals surface area contributed by atoms with E-state index in [0.717, 1.165) is 6.54 Å². The molecule has 2 rings (SSSR count). The van der Waals surface area contributed by atoms with E-state index in [4.69, 9.17) is 0 Å². The van der Waals surface area contributed by atoms with E-state index in [-0.39, 0.29) is 0 Å². The van der Waals surface area contributed by atoms with E-state index < -0.39 is 0 Å². The van der Waals surface area contributed by atoms with Gasteiger partial charge in [-0.2, -0.15) is 0 Å². The number of rotatable bonds is 0. The lowest BCUT2D eigenvalue weighted by molar-refractivity contribution is 0.442. The Morgan fingerprint density at radius 1 is 1.60 bits per heavy atom. The third-order valence-corrected chi connectivity index (χ3v) is 1.79. The first kappa shape index (κ1) is 5.59. The number of aromatic nitrogens is 1. The van der Waals surface area contributed by atoms with Crippen LogP contribution in [0.5, 0.6) is 0 Å². The van der Waals surface area contributed by atoms with E-state index in [1.54, 1.807) is 0 Å². The fourth-order valence-electron chi connectivity index (χ4n) is 1.22. The summed E-state index contributed by atoms with van der Waals surface area (Å²) in [6.45, 7) is 0.999. The SMILES string of the molecule is CN1C=Cc2cc[nH]c2C1. The van der Waals surface area contributed by atoms with E-state index in [1.165, 1.54) is 11.3 Å². The number of hydrogen-bond acceptors (Lipinski definition) is 1. The second-order valence-corrected chi connectivity index (χ2v) is 2.64. The van der Waals surface area contributed by atoms with Gasteiger partial charge in [-0.05, 0) is 23.9 Å². The Hall–Kier alpha value is -1.18. The highest BCUT2D eigenvalue weighted by Gasteiger charge is 2.06. The molecule has 1 aliphatic rings. The van der Waals surface area contributed by atoms with Crippen LogP contribution in [0.1, 0.15) is 11.3 Å². The monoisotopic (exact) mass is 134 g/mol. The highest BCUT2D eigenvalue weighted by molar-refractivity contribution is 5.53. The quantitative estimate of drug-likeness (QED) is 0.568. The molecule has 52 valence electrons. The number of H-pyrrole nitrogens is 1. The van der Waals surface area contributed by atoms with Gasteiger partial charge in [0.1, 0.15) is 0 Å². The molecule has 0 saturated carbocycles. The molecule has 0 radical (unpaired) electrons. The van der Waals surface area contributed by atoms with Gasteiger partial charge in [0, 0.05) is 18.9 Å². The largest absolute Gasteiger partial charge is 0.375 e. The standard InChI is InChI=1S/C8H10N2/c1-10-5-3-7-2-4-9-8(7)6-10/h2-5,9H,6H2,1H3. The number of aromatic amines is 1. The minimum atomic E-state index is 0.999. The van der Waals surface area contributed by atoms with Crippen LogP contribution >= 0.6 is 0 Å². The summed E-state index contributed by atoms with van der Waals surface area (Å²) in [4.78, 5) is 5.35. The van der Waals surface area contributed by atoms with E-state index in [2.05, 4.69) is 35.3 Å². The van der Waals surface area contributed by atoms with Crippen LogP contribution in [0.2, 0.25) is 0 Å². The maximum absolute atomic E-state index is 3.20. The molecule has 0 spiro atoms. The molecule has 1 aromatic rings. The molecule has 10 heavy (non-hydrogen) atoms. The molecule has 1 aromatic heterocycles. The van der Waals surface area contributed by atoms with Crippen LogP contribution < -0.4 is 0 Å². The highest BCUT2D eigenvalue weighted by Crippen LogP contribution is 2.15. The van der Waals surface area contributed by atoms with Crippen LogP contribution in [0.15, 0.2) is 18.5 Å². The first-order chi connectivity index (χ1) is 4.86. The molecular formula is C8H10N2. The van der Waals surface area contributed by atoms with Crippen molar-refractivity contribution in [3.8, 4) is 0 Å². The Kier molecular flexibility index (Phi) is 1.07. The van der Waals surface area contributed by atoms with Crippen molar-refractivity contribution < 1.29 is 0 Å². The fourth-order valence-corrected chi connectivity index (χ4v) is 1.22. The van der Waals surface area contributed by atoms with E-state index in [9.17, 15) is 0 Å². The molecule has 0 bridgehead atoms. The summed E-state index contributed by atoms with van der Waals surface area (Å²) in [7, 11) is 2.07. The first-order valence-corrected chi connectivity index (χ1v) is 3.41. The van der Waals surface area contributed by atoms with Crippen LogP contribution in [0.4, 0.5) is 0 Å². The number of hydrogen-bond donors (Lipinski definition) is 1. The van der Waals surface area contributed by atoms with Gasteiger partial charge in [0.15, 0.2) is 0 Å². The summed E-state index contributed by atoms with van der Waals surface area (Å²) in [6.07, 6.45) is 6.19. The Bertz CT molecular complexity index is 260. The maximum Gasteiger partial charge on any atom is 0.0577 e. The van der Waals surface area contributed by atoms with Crippen LogP contribution in [0, 0.1) is 0 Å². The maximum atomic E-state index is 3.20. The lowest BCUT2D eigenvalue weighted by Gasteiger charge is -2.17. The molecule has 0 fully saturated rings. The van der Waals surface area contributed by atoms with Gasteiger partial charge in [-0.25, -0.2) is 0 Å². The second-order valence-electron chi connectivity index (χ2n) is 2.64. The first-order valence-electron chi connectivity index (χ1n) is 3.41. The van der Waals surface area contributed by atoms with Crippen molar-refractivity contribution in [2.75, 3.05) is 7.05 Å². The van der Waals surface area contributed by atoms with Gasteiger partial charge in [0.25, 0.3) is 0 Å². The minimum absolute atomic E-state index is 0.999. The zero-order valence-corrected chi connectivity index (χ0v) is 5.96. The Morgan fingerprint density at radius 3 is 3.40 bits per heavy atom. The third-order valence-electron chi connectivity index (χ3n) is 1.79. The zero-order chi connectivity index (χ0) is 6.97. The molecule has 0 saturated heterocycles. The normalized spacial score (nSPS) is 15.5. The van der Waals surface area contributed by atoms with Crippen LogP contribution in [0.25, 0.3) is 6.08 Å². The Labute approximate surface area is 60.2 Å². The third kappa shape index (κ3) is 0.727. The van der Waals surface area contributed by atoms with Crippen molar-refractivity contribution in [1.82, 2.24) is 9.88 Å². The van der Waals surface area contributed by atoms with Crippen LogP contribution in [0.3, 0.4) is 0 Å². The molecule has 0 aliphatic carbocycles. The molecule has 0 atom stereocenters. The summed E-state index contributed by atoms with van der Waals surface area (Å²) in [6, 6.07) is 2.10. The van der Waals surface area contributed by atoms with Crippen molar-refractivity contribution in [2.24, 2.45) is 0 Å². The van der Waals surface area contributed by atoms with Gasteiger partial charge in [0.05, 0.1) is 6.54 Å². The van der Waals surface area contributed by atoms with Crippen molar-refractivity contribution in [3.05, 3.63) is 29.7 Å². The van der Waals surface area contributed by atoms with Crippen molar-refractivity contribution in [2.45, 2.75) is 6.54 Å². The van der Waals surface area contributed by atoms with E-state index >= 15 is 0 Å². The molecule has 0 amide bonds. The van der Waals surface area contributed by atoms with Crippen molar-refractivity contribution >= 4 is 6.08 Å². The average molecular weight is 134 g/mol. The summed E-state index contributed by atoms with van der Waals surface area (Å²) in [5.74, 6) is 0. The molecule has 2 nitrogen and oxygen atoms in total. The smallest absolute Gasteiger partial charge is 0.0577 e. The minimum Gasteiger partial charge on any atom is -0.375 e. The van der Waals surface area contributed by atoms with E-state index in [0.29, 0.717) is 0 Å². The summed E-state index contributed by atoms with van der Waals surface area (Å²) < 4.78 is 0. The fraction of sp³-hybridized carbons (Fsp3) is 0.250. The zero-order valence-electron chi connectivity index (χ0n) is 5.96. The van der Waals surface area contributed by atoms with Crippen molar-refractivity contribution in [1.29, 1.82) is 0 Å². The number of nitrogens with zero attached hydrogens (tertiary/aromatic N) is 1. The van der Waals surface area contributed by atoms with Crippen LogP contribution in [-0.2, 0) is 6.54 Å². The molecule has 0 unspecified atom stereocenters. The van der Waals surface area contributed by atoms with Gasteiger partial charge < -0.3 is 9.88 Å². The Morgan fingerprint density at radius 2 is 2.50 bits per heavy atom. The number of fused-ring (bicyclic) bond motifs is 1. The molecule has 2 heteroatoms. The average Bonchev–Trinajstić information content (AvgIpc) is 2.33. The number of nitrogens with one attached hydrogen (secondary N) is 1. The topological polar surface area (TPSA) is 19.0 Å². The van der Waals surface area contributed by atoms with Gasteiger partial charge in [-0.3, -0.25) is 0 Å². The predicted octanol–water partition coefficient (Wildman–Crippen LogP) is 1.43. The van der Waals surface area contributed by atoms with Gasteiger partial charge in [0.2, 0.25) is 0 Å². The summed E-state index contributed by atoms with van der Waals surface area (Å²) >= 11 is 0. The van der Waals surface area contributed by atoms with Crippen LogP contribution in [-0.4, -0.2) is 16.9 Å². The summed E-state index contributed by atoms with van der Waals surface area (Å²) in [5, 5.41) is 0. The van der Waals surface area contributed by atoms with E-state index in [1.807, 2.05) is 6.20 Å².